The fourth-order valence-corrected chi connectivity index (χ4v) is 4.12. The van der Waals surface area contributed by atoms with E-state index in [1.807, 2.05) is 0 Å². The van der Waals surface area contributed by atoms with E-state index in [9.17, 15) is 18.0 Å². The predicted molar refractivity (Wildman–Crippen MR) is 136 cm³/mol. The molecule has 10 heteroatoms. The number of furan rings is 1. The molecule has 0 radical (unpaired) electrons. The van der Waals surface area contributed by atoms with Crippen molar-refractivity contribution in [1.29, 1.82) is 0 Å². The van der Waals surface area contributed by atoms with Gasteiger partial charge in [-0.2, -0.15) is 0 Å². The van der Waals surface area contributed by atoms with Gasteiger partial charge in [-0.05, 0) is 66.7 Å². The Hall–Kier alpha value is -4.01. The van der Waals surface area contributed by atoms with Crippen molar-refractivity contribution in [1.82, 2.24) is 4.98 Å². The molecule has 3 aromatic carbocycles. The van der Waals surface area contributed by atoms with E-state index in [-0.39, 0.29) is 5.69 Å². The Morgan fingerprint density at radius 1 is 0.892 bits per heavy atom. The Morgan fingerprint density at radius 3 is 2.38 bits per heavy atom. The zero-order valence-corrected chi connectivity index (χ0v) is 20.2. The summed E-state index contributed by atoms with van der Waals surface area (Å²) in [5.74, 6) is 0.00806. The average molecular weight is 543 g/mol. The number of hydrogen-bond acceptors (Lipinski definition) is 4. The average Bonchev–Trinajstić information content (AvgIpc) is 3.35. The van der Waals surface area contributed by atoms with Crippen molar-refractivity contribution in [3.63, 3.8) is 0 Å². The van der Waals surface area contributed by atoms with Crippen LogP contribution < -0.4 is 10.1 Å². The van der Waals surface area contributed by atoms with Gasteiger partial charge >= 0.3 is 6.36 Å². The second-order valence-electron chi connectivity index (χ2n) is 7.89. The molecule has 0 spiro atoms. The van der Waals surface area contributed by atoms with Crippen LogP contribution in [-0.2, 0) is 0 Å². The summed E-state index contributed by atoms with van der Waals surface area (Å²) in [4.78, 5) is 17.9. The van der Waals surface area contributed by atoms with Crippen LogP contribution in [0.15, 0.2) is 89.3 Å². The van der Waals surface area contributed by atoms with Crippen LogP contribution in [0.3, 0.4) is 0 Å². The number of para-hydroxylation sites is 1. The molecule has 5 nitrogen and oxygen atoms in total. The molecule has 0 bridgehead atoms. The topological polar surface area (TPSA) is 64.4 Å². The predicted octanol–water partition coefficient (Wildman–Crippen LogP) is 8.62. The molecule has 2 aromatic heterocycles. The molecule has 0 fully saturated rings. The van der Waals surface area contributed by atoms with Crippen LogP contribution in [0.25, 0.3) is 33.7 Å². The standard InChI is InChI=1S/C27H15Cl2F3N2O3/c28-15-5-10-21(29)20(13-15)24-11-12-25(36-24)23-14-19(18-3-1-2-4-22(18)34-23)26(35)33-16-6-8-17(9-7-16)37-27(30,31)32/h1-14H,(H,33,35). The van der Waals surface area contributed by atoms with E-state index in [0.717, 1.165) is 12.1 Å². The minimum Gasteiger partial charge on any atom is -0.454 e. The highest BCUT2D eigenvalue weighted by Gasteiger charge is 2.31. The molecule has 0 aliphatic heterocycles. The van der Waals surface area contributed by atoms with Crippen molar-refractivity contribution >= 4 is 45.7 Å². The van der Waals surface area contributed by atoms with Crippen LogP contribution in [0.1, 0.15) is 10.4 Å². The Morgan fingerprint density at radius 2 is 1.62 bits per heavy atom. The second-order valence-corrected chi connectivity index (χ2v) is 8.73. The molecule has 0 aliphatic carbocycles. The first-order valence-electron chi connectivity index (χ1n) is 10.8. The summed E-state index contributed by atoms with van der Waals surface area (Å²) < 4.78 is 47.1. The summed E-state index contributed by atoms with van der Waals surface area (Å²) in [5, 5.41) is 4.25. The third kappa shape index (κ3) is 5.55. The van der Waals surface area contributed by atoms with Gasteiger partial charge in [-0.3, -0.25) is 4.79 Å². The van der Waals surface area contributed by atoms with Gasteiger partial charge in [0.25, 0.3) is 5.91 Å². The van der Waals surface area contributed by atoms with E-state index in [1.165, 1.54) is 12.1 Å². The lowest BCUT2D eigenvalue weighted by Gasteiger charge is -2.11. The largest absolute Gasteiger partial charge is 0.573 e. The summed E-state index contributed by atoms with van der Waals surface area (Å²) >= 11 is 12.4. The molecule has 0 unspecified atom stereocenters. The number of pyridine rings is 1. The van der Waals surface area contributed by atoms with Gasteiger partial charge in [0.05, 0.1) is 16.1 Å². The van der Waals surface area contributed by atoms with Crippen LogP contribution in [0.2, 0.25) is 10.0 Å². The molecule has 2 heterocycles. The molecule has 1 N–H and O–H groups in total. The van der Waals surface area contributed by atoms with Gasteiger partial charge in [0.2, 0.25) is 0 Å². The lowest BCUT2D eigenvalue weighted by Crippen LogP contribution is -2.17. The fraction of sp³-hybridized carbons (Fsp3) is 0.0370. The number of benzene rings is 3. The Labute approximate surface area is 218 Å². The van der Waals surface area contributed by atoms with Crippen LogP contribution in [0.4, 0.5) is 18.9 Å². The maximum Gasteiger partial charge on any atom is 0.573 e. The molecule has 1 amide bonds. The number of aromatic nitrogens is 1. The van der Waals surface area contributed by atoms with Crippen LogP contribution >= 0.6 is 23.2 Å². The lowest BCUT2D eigenvalue weighted by atomic mass is 10.1. The minimum atomic E-state index is -4.80. The van der Waals surface area contributed by atoms with Crippen molar-refractivity contribution in [3.05, 3.63) is 101 Å². The molecular formula is C27H15Cl2F3N2O3. The maximum atomic E-state index is 13.2. The molecule has 0 saturated carbocycles. The summed E-state index contributed by atoms with van der Waals surface area (Å²) in [5.41, 5.74) is 2.16. The lowest BCUT2D eigenvalue weighted by molar-refractivity contribution is -0.274. The Kier molecular flexibility index (Phi) is 6.54. The van der Waals surface area contributed by atoms with Crippen LogP contribution in [0, 0.1) is 0 Å². The van der Waals surface area contributed by atoms with Crippen molar-refractivity contribution in [2.45, 2.75) is 6.36 Å². The van der Waals surface area contributed by atoms with Gasteiger partial charge in [-0.15, -0.1) is 13.2 Å². The molecule has 0 atom stereocenters. The van der Waals surface area contributed by atoms with E-state index < -0.39 is 18.0 Å². The number of alkyl halides is 3. The van der Waals surface area contributed by atoms with Crippen molar-refractivity contribution in [2.24, 2.45) is 0 Å². The van der Waals surface area contributed by atoms with Gasteiger partial charge < -0.3 is 14.5 Å². The molecule has 37 heavy (non-hydrogen) atoms. The maximum absolute atomic E-state index is 13.2. The molecule has 0 saturated heterocycles. The number of hydrogen-bond donors (Lipinski definition) is 1. The van der Waals surface area contributed by atoms with E-state index in [1.54, 1.807) is 60.7 Å². The number of carbonyl (C=O) groups is 1. The summed E-state index contributed by atoms with van der Waals surface area (Å²) in [6, 6.07) is 22.0. The van der Waals surface area contributed by atoms with E-state index in [0.29, 0.717) is 49.3 Å². The number of halogens is 5. The number of fused-ring (bicyclic) bond motifs is 1. The summed E-state index contributed by atoms with van der Waals surface area (Å²) in [6.45, 7) is 0. The van der Waals surface area contributed by atoms with Crippen molar-refractivity contribution < 1.29 is 27.1 Å². The third-order valence-corrected chi connectivity index (χ3v) is 5.92. The third-order valence-electron chi connectivity index (χ3n) is 5.36. The van der Waals surface area contributed by atoms with Crippen molar-refractivity contribution in [3.8, 4) is 28.5 Å². The number of rotatable bonds is 5. The molecule has 0 aliphatic rings. The number of anilines is 1. The highest BCUT2D eigenvalue weighted by molar-refractivity contribution is 6.35. The molecular weight excluding hydrogens is 528 g/mol. The fourth-order valence-electron chi connectivity index (χ4n) is 3.73. The first kappa shape index (κ1) is 24.7. The smallest absolute Gasteiger partial charge is 0.454 e. The first-order chi connectivity index (χ1) is 17.7. The van der Waals surface area contributed by atoms with E-state index in [2.05, 4.69) is 15.0 Å². The normalized spacial score (nSPS) is 11.5. The van der Waals surface area contributed by atoms with Gasteiger partial charge in [0, 0.05) is 21.7 Å². The quantitative estimate of drug-likeness (QED) is 0.241. The van der Waals surface area contributed by atoms with E-state index >= 15 is 0 Å². The zero-order chi connectivity index (χ0) is 26.2. The number of nitrogens with one attached hydrogen (secondary N) is 1. The van der Waals surface area contributed by atoms with Crippen LogP contribution in [0.5, 0.6) is 5.75 Å². The highest BCUT2D eigenvalue weighted by atomic mass is 35.5. The number of amides is 1. The SMILES string of the molecule is O=C(Nc1ccc(OC(F)(F)F)cc1)c1cc(-c2ccc(-c3cc(Cl)ccc3Cl)o2)nc2ccccc12. The van der Waals surface area contributed by atoms with Crippen molar-refractivity contribution in [2.75, 3.05) is 5.32 Å². The molecule has 5 rings (SSSR count). The number of ether oxygens (including phenoxy) is 1. The van der Waals surface area contributed by atoms with Gasteiger partial charge in [-0.25, -0.2) is 4.98 Å². The number of carbonyl (C=O) groups excluding carboxylic acids is 1. The van der Waals surface area contributed by atoms with Gasteiger partial charge in [-0.1, -0.05) is 41.4 Å². The van der Waals surface area contributed by atoms with E-state index in [4.69, 9.17) is 27.6 Å². The zero-order valence-electron chi connectivity index (χ0n) is 18.6. The van der Waals surface area contributed by atoms with Gasteiger partial charge in [0.1, 0.15) is 17.2 Å². The monoisotopic (exact) mass is 542 g/mol. The second kappa shape index (κ2) is 9.80. The number of nitrogens with zero attached hydrogens (tertiary/aromatic N) is 1. The Bertz CT molecular complexity index is 1620. The highest BCUT2D eigenvalue weighted by Crippen LogP contribution is 2.35. The Balaban J connectivity index is 1.48. The first-order valence-corrected chi connectivity index (χ1v) is 11.5. The minimum absolute atomic E-state index is 0.290. The van der Waals surface area contributed by atoms with Gasteiger partial charge in [0.15, 0.2) is 5.76 Å². The molecule has 5 aromatic rings. The summed E-state index contributed by atoms with van der Waals surface area (Å²) in [7, 11) is 0. The molecule has 186 valence electrons. The van der Waals surface area contributed by atoms with Crippen LogP contribution in [-0.4, -0.2) is 17.3 Å². The summed E-state index contributed by atoms with van der Waals surface area (Å²) in [6.07, 6.45) is -4.80.